The van der Waals surface area contributed by atoms with Crippen LogP contribution in [0.2, 0.25) is 0 Å². The van der Waals surface area contributed by atoms with Gasteiger partial charge in [-0.15, -0.1) is 16.2 Å². The summed E-state index contributed by atoms with van der Waals surface area (Å²) in [5.74, 6) is 0. The van der Waals surface area contributed by atoms with Crippen molar-refractivity contribution in [2.75, 3.05) is 5.73 Å². The van der Waals surface area contributed by atoms with Crippen LogP contribution < -0.4 is 27.2 Å². The van der Waals surface area contributed by atoms with E-state index >= 15 is 0 Å². The highest BCUT2D eigenvalue weighted by atomic mass is 32.2. The minimum absolute atomic E-state index is 0.0294. The number of sulfonamides is 1. The molecule has 4 N–H and O–H groups in total. The second-order valence-corrected chi connectivity index (χ2v) is 9.33. The maximum Gasteiger partial charge on any atom is 0.345 e. The van der Waals surface area contributed by atoms with Gasteiger partial charge in [-0.05, 0) is 36.4 Å². The SMILES string of the molecule is Nc1ccc(S(=O)(=O)NNC(=O)n2c(=O)n(-c3ccccc3)c(=O)c3ccccc32)s1. The molecule has 0 radical (unpaired) electrons. The second-order valence-electron chi connectivity index (χ2n) is 6.30. The number of nitrogens with two attached hydrogens (primary N) is 1. The molecule has 0 spiro atoms. The van der Waals surface area contributed by atoms with Gasteiger partial charge >= 0.3 is 11.7 Å². The lowest BCUT2D eigenvalue weighted by Crippen LogP contribution is -2.49. The number of hydrogen-bond acceptors (Lipinski definition) is 7. The fourth-order valence-electron chi connectivity index (χ4n) is 2.96. The lowest BCUT2D eigenvalue weighted by atomic mass is 10.2. The summed E-state index contributed by atoms with van der Waals surface area (Å²) >= 11 is 0.812. The molecule has 158 valence electrons. The molecule has 12 heteroatoms. The third-order valence-electron chi connectivity index (χ3n) is 4.34. The van der Waals surface area contributed by atoms with Gasteiger partial charge in [0.25, 0.3) is 15.6 Å². The van der Waals surface area contributed by atoms with E-state index in [9.17, 15) is 22.8 Å². The molecular formula is C19H15N5O5S2. The number of carbonyl (C=O) groups is 1. The zero-order valence-corrected chi connectivity index (χ0v) is 17.3. The lowest BCUT2D eigenvalue weighted by Gasteiger charge is -2.14. The Hall–Kier alpha value is -3.74. The summed E-state index contributed by atoms with van der Waals surface area (Å²) in [7, 11) is -4.11. The minimum atomic E-state index is -4.11. The number of hydrogen-bond donors (Lipinski definition) is 3. The van der Waals surface area contributed by atoms with E-state index < -0.39 is 27.3 Å². The number of anilines is 1. The Bertz CT molecular complexity index is 1520. The van der Waals surface area contributed by atoms with Gasteiger partial charge in [-0.1, -0.05) is 30.3 Å². The van der Waals surface area contributed by atoms with Crippen molar-refractivity contribution in [3.05, 3.63) is 87.6 Å². The fourth-order valence-corrected chi connectivity index (χ4v) is 4.88. The van der Waals surface area contributed by atoms with Crippen LogP contribution in [-0.2, 0) is 10.0 Å². The predicted octanol–water partition coefficient (Wildman–Crippen LogP) is 1.25. The molecule has 0 aliphatic rings. The van der Waals surface area contributed by atoms with Gasteiger partial charge in [-0.25, -0.2) is 27.1 Å². The first-order valence-electron chi connectivity index (χ1n) is 8.79. The van der Waals surface area contributed by atoms with Crippen LogP contribution in [0.3, 0.4) is 0 Å². The quantitative estimate of drug-likeness (QED) is 0.393. The van der Waals surface area contributed by atoms with E-state index in [2.05, 4.69) is 0 Å². The van der Waals surface area contributed by atoms with Crippen molar-refractivity contribution >= 4 is 43.3 Å². The largest absolute Gasteiger partial charge is 0.391 e. The number of aromatic nitrogens is 2. The number of nitrogen functional groups attached to an aromatic ring is 1. The first-order valence-corrected chi connectivity index (χ1v) is 11.1. The molecule has 2 heterocycles. The van der Waals surface area contributed by atoms with Gasteiger partial charge in [0.05, 0.1) is 21.6 Å². The van der Waals surface area contributed by atoms with Crippen LogP contribution in [-0.4, -0.2) is 23.6 Å². The number of carbonyl (C=O) groups excluding carboxylic acids is 1. The van der Waals surface area contributed by atoms with Crippen LogP contribution in [0.1, 0.15) is 0 Å². The number of benzene rings is 2. The van der Waals surface area contributed by atoms with Gasteiger partial charge in [0.1, 0.15) is 4.21 Å². The molecule has 10 nitrogen and oxygen atoms in total. The average molecular weight is 457 g/mol. The van der Waals surface area contributed by atoms with Crippen molar-refractivity contribution in [1.82, 2.24) is 19.4 Å². The van der Waals surface area contributed by atoms with Crippen molar-refractivity contribution in [2.24, 2.45) is 0 Å². The standard InChI is InChI=1S/C19H15N5O5S2/c20-15-10-11-16(30-15)31(28,29)22-21-18(26)24-14-9-5-4-8-13(14)17(25)23(19(24)27)12-6-2-1-3-7-12/h1-11,22H,20H2,(H,21,26). The lowest BCUT2D eigenvalue weighted by molar-refractivity contribution is 0.240. The summed E-state index contributed by atoms with van der Waals surface area (Å²) in [5, 5.41) is 0.388. The molecule has 0 bridgehead atoms. The zero-order valence-electron chi connectivity index (χ0n) is 15.7. The van der Waals surface area contributed by atoms with Crippen molar-refractivity contribution in [2.45, 2.75) is 4.21 Å². The van der Waals surface area contributed by atoms with Crippen molar-refractivity contribution in [1.29, 1.82) is 0 Å². The number of rotatable bonds is 4. The van der Waals surface area contributed by atoms with Gasteiger partial charge in [0.2, 0.25) is 0 Å². The minimum Gasteiger partial charge on any atom is -0.391 e. The topological polar surface area (TPSA) is 145 Å². The second kappa shape index (κ2) is 7.83. The van der Waals surface area contributed by atoms with Gasteiger partial charge in [-0.3, -0.25) is 10.2 Å². The van der Waals surface area contributed by atoms with E-state index in [-0.39, 0.29) is 25.8 Å². The molecule has 1 amide bonds. The summed E-state index contributed by atoms with van der Waals surface area (Å²) in [4.78, 5) is 40.8. The monoisotopic (exact) mass is 457 g/mol. The molecule has 4 rings (SSSR count). The molecule has 2 aromatic carbocycles. The molecule has 4 aromatic rings. The molecule has 2 aromatic heterocycles. The summed E-state index contributed by atoms with van der Waals surface area (Å²) in [6.45, 7) is 0. The average Bonchev–Trinajstić information content (AvgIpc) is 3.21. The molecule has 0 fully saturated rings. The van der Waals surface area contributed by atoms with Crippen molar-refractivity contribution < 1.29 is 13.2 Å². The summed E-state index contributed by atoms with van der Waals surface area (Å²) in [6, 6.07) is 15.7. The van der Waals surface area contributed by atoms with Crippen molar-refractivity contribution in [3.63, 3.8) is 0 Å². The summed E-state index contributed by atoms with van der Waals surface area (Å²) in [5.41, 5.74) is 6.30. The van der Waals surface area contributed by atoms with Crippen LogP contribution in [0.5, 0.6) is 0 Å². The molecule has 0 unspecified atom stereocenters. The fraction of sp³-hybridized carbons (Fsp3) is 0. The highest BCUT2D eigenvalue weighted by molar-refractivity contribution is 7.91. The van der Waals surface area contributed by atoms with Gasteiger partial charge in [0, 0.05) is 0 Å². The van der Waals surface area contributed by atoms with E-state index in [1.54, 1.807) is 42.5 Å². The Labute approximate surface area is 179 Å². The predicted molar refractivity (Wildman–Crippen MR) is 117 cm³/mol. The molecule has 0 aliphatic carbocycles. The van der Waals surface area contributed by atoms with Crippen LogP contribution >= 0.6 is 11.3 Å². The van der Waals surface area contributed by atoms with Gasteiger partial charge < -0.3 is 5.73 Å². The first kappa shape index (κ1) is 20.5. The molecule has 0 aliphatic heterocycles. The maximum absolute atomic E-state index is 13.1. The Kier molecular flexibility index (Phi) is 5.19. The molecule has 0 saturated carbocycles. The number of para-hydroxylation sites is 2. The Morgan fingerprint density at radius 3 is 2.29 bits per heavy atom. The highest BCUT2D eigenvalue weighted by Crippen LogP contribution is 2.22. The van der Waals surface area contributed by atoms with Crippen LogP contribution in [0.25, 0.3) is 16.6 Å². The van der Waals surface area contributed by atoms with Gasteiger partial charge in [-0.2, -0.15) is 0 Å². The van der Waals surface area contributed by atoms with Crippen LogP contribution in [0.15, 0.2) is 80.5 Å². The number of nitrogens with one attached hydrogen (secondary N) is 2. The van der Waals surface area contributed by atoms with Gasteiger partial charge in [0.15, 0.2) is 0 Å². The summed E-state index contributed by atoms with van der Waals surface area (Å²) in [6.07, 6.45) is 0. The number of nitrogens with zero attached hydrogens (tertiary/aromatic N) is 2. The van der Waals surface area contributed by atoms with E-state index in [1.807, 2.05) is 10.3 Å². The Balaban J connectivity index is 1.81. The zero-order chi connectivity index (χ0) is 22.2. The molecule has 31 heavy (non-hydrogen) atoms. The van der Waals surface area contributed by atoms with E-state index in [0.29, 0.717) is 4.57 Å². The maximum atomic E-state index is 13.1. The first-order chi connectivity index (χ1) is 14.8. The number of thiophene rings is 1. The number of hydrazine groups is 1. The van der Waals surface area contributed by atoms with E-state index in [0.717, 1.165) is 15.9 Å². The Morgan fingerprint density at radius 2 is 1.61 bits per heavy atom. The highest BCUT2D eigenvalue weighted by Gasteiger charge is 2.22. The normalized spacial score (nSPS) is 11.5. The third-order valence-corrected chi connectivity index (χ3v) is 6.99. The molecular weight excluding hydrogens is 442 g/mol. The third kappa shape index (κ3) is 3.74. The van der Waals surface area contributed by atoms with Crippen LogP contribution in [0.4, 0.5) is 9.80 Å². The Morgan fingerprint density at radius 1 is 0.935 bits per heavy atom. The van der Waals surface area contributed by atoms with Crippen LogP contribution in [0, 0.1) is 0 Å². The summed E-state index contributed by atoms with van der Waals surface area (Å²) < 4.78 is 26.1. The van der Waals surface area contributed by atoms with Crippen molar-refractivity contribution in [3.8, 4) is 5.69 Å². The molecule has 0 saturated heterocycles. The number of amides is 1. The van der Waals surface area contributed by atoms with E-state index in [1.165, 1.54) is 24.3 Å². The van der Waals surface area contributed by atoms with E-state index in [4.69, 9.17) is 5.73 Å². The molecule has 0 atom stereocenters. The number of fused-ring (bicyclic) bond motifs is 1. The smallest absolute Gasteiger partial charge is 0.345 e.